The molecule has 3 aromatic heterocycles. The molecule has 2 aliphatic rings. The number of nitrogens with zero attached hydrogens (tertiary/aromatic N) is 8. The third-order valence-corrected chi connectivity index (χ3v) is 8.23. The van der Waals surface area contributed by atoms with Crippen molar-refractivity contribution in [2.24, 2.45) is 7.05 Å². The summed E-state index contributed by atoms with van der Waals surface area (Å²) in [6.45, 7) is 6.78. The lowest BCUT2D eigenvalue weighted by atomic mass is 10.0. The summed E-state index contributed by atoms with van der Waals surface area (Å²) in [5.74, 6) is 1.13. The van der Waals surface area contributed by atoms with Crippen LogP contribution in [0.3, 0.4) is 0 Å². The van der Waals surface area contributed by atoms with Gasteiger partial charge < -0.3 is 34.8 Å². The molecule has 0 radical (unpaired) electrons. The number of hydrogen-bond acceptors (Lipinski definition) is 11. The molecule has 2 aliphatic heterocycles. The first-order valence-corrected chi connectivity index (χ1v) is 14.7. The minimum atomic E-state index is -0.289. The molecule has 2 saturated heterocycles. The number of nitrogens with one attached hydrogen (secondary N) is 2. The van der Waals surface area contributed by atoms with Crippen molar-refractivity contribution in [3.63, 3.8) is 0 Å². The van der Waals surface area contributed by atoms with E-state index in [9.17, 15) is 4.79 Å². The SMILES string of the molecule is C=CC(=O)Nc1cc(Nc2nccc(OC3CN(c4cnc5c(cnn5C)c4)C3)n2)c(OC)cc1N1CCC(N(C)C)CC1. The molecule has 44 heavy (non-hydrogen) atoms. The van der Waals surface area contributed by atoms with Gasteiger partial charge >= 0.3 is 0 Å². The van der Waals surface area contributed by atoms with Gasteiger partial charge in [0.15, 0.2) is 5.65 Å². The van der Waals surface area contributed by atoms with Gasteiger partial charge in [-0.2, -0.15) is 10.1 Å². The number of aromatic nitrogens is 5. The topological polar surface area (TPSA) is 126 Å². The molecule has 5 heterocycles. The van der Waals surface area contributed by atoms with E-state index in [2.05, 4.69) is 72.1 Å². The van der Waals surface area contributed by atoms with E-state index < -0.39 is 0 Å². The lowest BCUT2D eigenvalue weighted by molar-refractivity contribution is -0.111. The number of piperidine rings is 1. The molecule has 1 amide bonds. The standard InChI is InChI=1S/C31H38N10O3/c1-6-28(42)35-24-14-25(27(43-5)15-26(24)40-11-8-21(9-12-40)38(2)3)36-31-32-10-7-29(37-31)44-23-18-41(19-23)22-13-20-16-34-39(4)30(20)33-17-22/h6-7,10,13-17,21,23H,1,8-9,11-12,18-19H2,2-5H3,(H,35,42)(H,32,36,37). The molecule has 4 aromatic rings. The first-order valence-electron chi connectivity index (χ1n) is 14.7. The summed E-state index contributed by atoms with van der Waals surface area (Å²) < 4.78 is 13.7. The van der Waals surface area contributed by atoms with Gasteiger partial charge in [-0.1, -0.05) is 6.58 Å². The lowest BCUT2D eigenvalue weighted by Gasteiger charge is -2.40. The van der Waals surface area contributed by atoms with E-state index >= 15 is 0 Å². The van der Waals surface area contributed by atoms with E-state index in [1.165, 1.54) is 6.08 Å². The fourth-order valence-electron chi connectivity index (χ4n) is 5.69. The summed E-state index contributed by atoms with van der Waals surface area (Å²) in [5.41, 5.74) is 4.05. The number of benzene rings is 1. The molecule has 2 fully saturated rings. The minimum absolute atomic E-state index is 0.0199. The third-order valence-electron chi connectivity index (χ3n) is 8.23. The van der Waals surface area contributed by atoms with Crippen LogP contribution in [0.2, 0.25) is 0 Å². The molecule has 13 heteroatoms. The normalized spacial score (nSPS) is 15.8. The molecule has 2 N–H and O–H groups in total. The number of fused-ring (bicyclic) bond motifs is 1. The van der Waals surface area contributed by atoms with Gasteiger partial charge in [0.1, 0.15) is 11.9 Å². The molecule has 0 unspecified atom stereocenters. The summed E-state index contributed by atoms with van der Waals surface area (Å²) in [6.07, 6.45) is 8.63. The van der Waals surface area contributed by atoms with Gasteiger partial charge in [0.05, 0.1) is 55.3 Å². The van der Waals surface area contributed by atoms with Crippen LogP contribution in [0.25, 0.3) is 11.0 Å². The van der Waals surface area contributed by atoms with E-state index in [1.807, 2.05) is 31.6 Å². The van der Waals surface area contributed by atoms with E-state index in [1.54, 1.807) is 24.1 Å². The van der Waals surface area contributed by atoms with Gasteiger partial charge in [0, 0.05) is 49.9 Å². The first-order chi connectivity index (χ1) is 21.3. The number of pyridine rings is 1. The number of methoxy groups -OCH3 is 1. The van der Waals surface area contributed by atoms with Gasteiger partial charge in [-0.3, -0.25) is 9.48 Å². The summed E-state index contributed by atoms with van der Waals surface area (Å²) in [4.78, 5) is 32.7. The Labute approximate surface area is 256 Å². The van der Waals surface area contributed by atoms with Crippen LogP contribution in [0.1, 0.15) is 12.8 Å². The highest BCUT2D eigenvalue weighted by Crippen LogP contribution is 2.39. The number of carbonyl (C=O) groups excluding carboxylic acids is 1. The van der Waals surface area contributed by atoms with Crippen molar-refractivity contribution in [3.05, 3.63) is 55.5 Å². The molecule has 0 atom stereocenters. The monoisotopic (exact) mass is 598 g/mol. The zero-order chi connectivity index (χ0) is 30.8. The predicted octanol–water partition coefficient (Wildman–Crippen LogP) is 3.43. The van der Waals surface area contributed by atoms with Crippen LogP contribution >= 0.6 is 0 Å². The summed E-state index contributed by atoms with van der Waals surface area (Å²) in [7, 11) is 7.73. The molecule has 230 valence electrons. The smallest absolute Gasteiger partial charge is 0.247 e. The van der Waals surface area contributed by atoms with Crippen LogP contribution in [-0.4, -0.2) is 95.1 Å². The Bertz CT molecular complexity index is 1660. The first kappa shape index (κ1) is 29.2. The zero-order valence-electron chi connectivity index (χ0n) is 25.5. The van der Waals surface area contributed by atoms with Crippen molar-refractivity contribution in [1.82, 2.24) is 29.6 Å². The Morgan fingerprint density at radius 1 is 1.09 bits per heavy atom. The number of rotatable bonds is 10. The maximum Gasteiger partial charge on any atom is 0.247 e. The Morgan fingerprint density at radius 2 is 1.89 bits per heavy atom. The second-order valence-electron chi connectivity index (χ2n) is 11.3. The highest BCUT2D eigenvalue weighted by molar-refractivity contribution is 6.02. The largest absolute Gasteiger partial charge is 0.494 e. The molecule has 0 aliphatic carbocycles. The number of hydrogen-bond donors (Lipinski definition) is 2. The maximum atomic E-state index is 12.4. The Morgan fingerprint density at radius 3 is 2.61 bits per heavy atom. The number of aryl methyl sites for hydroxylation is 1. The van der Waals surface area contributed by atoms with E-state index in [4.69, 9.17) is 9.47 Å². The van der Waals surface area contributed by atoms with Gasteiger partial charge in [0.2, 0.25) is 17.7 Å². The molecule has 0 spiro atoms. The van der Waals surface area contributed by atoms with Crippen molar-refractivity contribution in [1.29, 1.82) is 0 Å². The summed E-state index contributed by atoms with van der Waals surface area (Å²) in [5, 5.41) is 11.5. The second-order valence-corrected chi connectivity index (χ2v) is 11.3. The number of ether oxygens (including phenoxy) is 2. The lowest BCUT2D eigenvalue weighted by Crippen LogP contribution is -2.54. The fraction of sp³-hybridized carbons (Fsp3) is 0.387. The van der Waals surface area contributed by atoms with Crippen molar-refractivity contribution >= 4 is 45.6 Å². The molecular weight excluding hydrogens is 560 g/mol. The van der Waals surface area contributed by atoms with E-state index in [0.29, 0.717) is 48.1 Å². The van der Waals surface area contributed by atoms with Gasteiger partial charge in [-0.25, -0.2) is 9.97 Å². The minimum Gasteiger partial charge on any atom is -0.494 e. The number of anilines is 5. The van der Waals surface area contributed by atoms with Gasteiger partial charge in [-0.15, -0.1) is 0 Å². The van der Waals surface area contributed by atoms with Crippen molar-refractivity contribution < 1.29 is 14.3 Å². The fourth-order valence-corrected chi connectivity index (χ4v) is 5.69. The van der Waals surface area contributed by atoms with Crippen molar-refractivity contribution in [3.8, 4) is 11.6 Å². The highest BCUT2D eigenvalue weighted by Gasteiger charge is 2.30. The van der Waals surface area contributed by atoms with Crippen LogP contribution in [0.15, 0.2) is 55.5 Å². The quantitative estimate of drug-likeness (QED) is 0.261. The van der Waals surface area contributed by atoms with Crippen molar-refractivity contribution in [2.75, 3.05) is 67.8 Å². The number of amides is 1. The molecule has 6 rings (SSSR count). The average molecular weight is 599 g/mol. The summed E-state index contributed by atoms with van der Waals surface area (Å²) >= 11 is 0. The van der Waals surface area contributed by atoms with Crippen LogP contribution in [0, 0.1) is 0 Å². The van der Waals surface area contributed by atoms with Crippen LogP contribution < -0.4 is 29.9 Å². The second kappa shape index (κ2) is 12.4. The van der Waals surface area contributed by atoms with Crippen molar-refractivity contribution in [2.45, 2.75) is 25.0 Å². The molecule has 13 nitrogen and oxygen atoms in total. The molecular formula is C31H38N10O3. The average Bonchev–Trinajstić information content (AvgIpc) is 3.38. The van der Waals surface area contributed by atoms with Gasteiger partial charge in [0.25, 0.3) is 0 Å². The number of carbonyl (C=O) groups is 1. The summed E-state index contributed by atoms with van der Waals surface area (Å²) in [6, 6.07) is 8.15. The van der Waals surface area contributed by atoms with E-state index in [-0.39, 0.29) is 12.0 Å². The predicted molar refractivity (Wildman–Crippen MR) is 171 cm³/mol. The Balaban J connectivity index is 1.15. The Hall–Kier alpha value is -4.91. The maximum absolute atomic E-state index is 12.4. The molecule has 0 saturated carbocycles. The van der Waals surface area contributed by atoms with E-state index in [0.717, 1.165) is 48.3 Å². The molecule has 0 bridgehead atoms. The van der Waals surface area contributed by atoms with Crippen LogP contribution in [-0.2, 0) is 11.8 Å². The van der Waals surface area contributed by atoms with Crippen LogP contribution in [0.4, 0.5) is 28.7 Å². The Kier molecular flexibility index (Phi) is 8.20. The molecule has 1 aromatic carbocycles. The van der Waals surface area contributed by atoms with Crippen LogP contribution in [0.5, 0.6) is 11.6 Å². The third kappa shape index (κ3) is 6.09. The highest BCUT2D eigenvalue weighted by atomic mass is 16.5. The zero-order valence-corrected chi connectivity index (χ0v) is 25.5. The van der Waals surface area contributed by atoms with Gasteiger partial charge in [-0.05, 0) is 45.1 Å².